The lowest BCUT2D eigenvalue weighted by atomic mass is 10.3. The van der Waals surface area contributed by atoms with Crippen LogP contribution in [0.15, 0.2) is 29.4 Å². The minimum atomic E-state index is -1.25. The van der Waals surface area contributed by atoms with Gasteiger partial charge in [0.25, 0.3) is 0 Å². The molecule has 1 unspecified atom stereocenters. The van der Waals surface area contributed by atoms with E-state index in [1.807, 2.05) is 6.07 Å². The van der Waals surface area contributed by atoms with Crippen molar-refractivity contribution in [3.63, 3.8) is 0 Å². The van der Waals surface area contributed by atoms with Crippen molar-refractivity contribution in [3.05, 3.63) is 29.3 Å². The normalized spacial score (nSPS) is 12.7. The van der Waals surface area contributed by atoms with Crippen LogP contribution in [-0.4, -0.2) is 30.7 Å². The summed E-state index contributed by atoms with van der Waals surface area (Å²) in [5, 5.41) is 11.7. The molecular formula is C8H7ClN4OS. The first kappa shape index (κ1) is 10.3. The van der Waals surface area contributed by atoms with E-state index in [-0.39, 0.29) is 5.16 Å². The number of rotatable bonds is 2. The molecule has 5 nitrogen and oxygen atoms in total. The van der Waals surface area contributed by atoms with Crippen molar-refractivity contribution in [3.8, 4) is 5.69 Å². The van der Waals surface area contributed by atoms with Gasteiger partial charge in [0.1, 0.15) is 0 Å². The first-order valence-electron chi connectivity index (χ1n) is 4.07. The van der Waals surface area contributed by atoms with E-state index in [2.05, 4.69) is 15.5 Å². The van der Waals surface area contributed by atoms with Crippen LogP contribution in [0.4, 0.5) is 0 Å². The van der Waals surface area contributed by atoms with Crippen LogP contribution < -0.4 is 0 Å². The Morgan fingerprint density at radius 3 is 2.80 bits per heavy atom. The maximum absolute atomic E-state index is 11.3. The van der Waals surface area contributed by atoms with Gasteiger partial charge in [0.15, 0.2) is 0 Å². The van der Waals surface area contributed by atoms with Gasteiger partial charge in [-0.3, -0.25) is 4.21 Å². The van der Waals surface area contributed by atoms with Gasteiger partial charge in [0, 0.05) is 6.26 Å². The molecule has 15 heavy (non-hydrogen) atoms. The van der Waals surface area contributed by atoms with Crippen molar-refractivity contribution >= 4 is 22.4 Å². The summed E-state index contributed by atoms with van der Waals surface area (Å²) in [6.07, 6.45) is 1.51. The van der Waals surface area contributed by atoms with Crippen LogP contribution in [-0.2, 0) is 10.8 Å². The van der Waals surface area contributed by atoms with Crippen molar-refractivity contribution in [2.45, 2.75) is 5.16 Å². The van der Waals surface area contributed by atoms with E-state index < -0.39 is 10.8 Å². The second kappa shape index (κ2) is 4.08. The summed E-state index contributed by atoms with van der Waals surface area (Å²) in [6.45, 7) is 0. The Balaban J connectivity index is 2.59. The van der Waals surface area contributed by atoms with E-state index in [4.69, 9.17) is 11.6 Å². The fourth-order valence-corrected chi connectivity index (χ4v) is 1.88. The number of halogens is 1. The summed E-state index contributed by atoms with van der Waals surface area (Å²) in [6, 6.07) is 7.10. The number of aromatic nitrogens is 4. The molecular weight excluding hydrogens is 236 g/mol. The van der Waals surface area contributed by atoms with Gasteiger partial charge in [0.2, 0.25) is 5.16 Å². The van der Waals surface area contributed by atoms with Crippen LogP contribution in [0, 0.1) is 0 Å². The number of para-hydroxylation sites is 1. The molecule has 1 aromatic heterocycles. The lowest BCUT2D eigenvalue weighted by Crippen LogP contribution is -2.04. The van der Waals surface area contributed by atoms with Gasteiger partial charge in [-0.15, -0.1) is 0 Å². The standard InChI is InChI=1S/C8H7ClN4OS/c1-15(14)8-10-11-12-13(8)7-5-3-2-4-6(7)9/h2-5H,1H3. The molecule has 0 amide bonds. The Bertz CT molecular complexity index is 513. The maximum atomic E-state index is 11.3. The Labute approximate surface area is 93.5 Å². The summed E-state index contributed by atoms with van der Waals surface area (Å²) in [5.74, 6) is 0. The molecule has 2 aromatic rings. The minimum absolute atomic E-state index is 0.281. The molecule has 0 radical (unpaired) electrons. The van der Waals surface area contributed by atoms with Crippen molar-refractivity contribution in [2.24, 2.45) is 0 Å². The monoisotopic (exact) mass is 242 g/mol. The highest BCUT2D eigenvalue weighted by atomic mass is 35.5. The van der Waals surface area contributed by atoms with E-state index in [0.29, 0.717) is 10.7 Å². The average Bonchev–Trinajstić information content (AvgIpc) is 2.67. The van der Waals surface area contributed by atoms with Crippen molar-refractivity contribution in [2.75, 3.05) is 6.26 Å². The SMILES string of the molecule is CS(=O)c1nnnn1-c1ccccc1Cl. The molecule has 1 aromatic carbocycles. The molecule has 0 bridgehead atoms. The zero-order valence-electron chi connectivity index (χ0n) is 7.79. The van der Waals surface area contributed by atoms with Crippen LogP contribution >= 0.6 is 11.6 Å². The molecule has 0 aliphatic carbocycles. The molecule has 0 fully saturated rings. The van der Waals surface area contributed by atoms with Crippen LogP contribution in [0.25, 0.3) is 5.69 Å². The number of nitrogens with zero attached hydrogens (tertiary/aromatic N) is 4. The van der Waals surface area contributed by atoms with Crippen molar-refractivity contribution in [1.82, 2.24) is 20.2 Å². The zero-order valence-corrected chi connectivity index (χ0v) is 9.37. The van der Waals surface area contributed by atoms with Crippen LogP contribution in [0.2, 0.25) is 5.02 Å². The second-order valence-electron chi connectivity index (χ2n) is 2.78. The van der Waals surface area contributed by atoms with Gasteiger partial charge in [-0.2, -0.15) is 4.68 Å². The largest absolute Gasteiger partial charge is 0.251 e. The molecule has 0 saturated carbocycles. The maximum Gasteiger partial charge on any atom is 0.244 e. The summed E-state index contributed by atoms with van der Waals surface area (Å²) in [5.41, 5.74) is 0.620. The van der Waals surface area contributed by atoms with Gasteiger partial charge in [0.05, 0.1) is 21.5 Å². The van der Waals surface area contributed by atoms with E-state index in [1.54, 1.807) is 18.2 Å². The van der Waals surface area contributed by atoms with E-state index in [9.17, 15) is 4.21 Å². The van der Waals surface area contributed by atoms with Crippen LogP contribution in [0.1, 0.15) is 0 Å². The van der Waals surface area contributed by atoms with Gasteiger partial charge in [-0.05, 0) is 22.6 Å². The predicted molar refractivity (Wildman–Crippen MR) is 56.5 cm³/mol. The molecule has 0 aliphatic rings. The topological polar surface area (TPSA) is 60.7 Å². The van der Waals surface area contributed by atoms with Crippen LogP contribution in [0.5, 0.6) is 0 Å². The molecule has 0 spiro atoms. The second-order valence-corrected chi connectivity index (χ2v) is 4.46. The van der Waals surface area contributed by atoms with Gasteiger partial charge in [-0.1, -0.05) is 28.8 Å². The molecule has 1 heterocycles. The predicted octanol–water partition coefficient (Wildman–Crippen LogP) is 1.05. The van der Waals surface area contributed by atoms with Crippen LogP contribution in [0.3, 0.4) is 0 Å². The third-order valence-corrected chi connectivity index (χ3v) is 2.87. The van der Waals surface area contributed by atoms with Gasteiger partial charge in [-0.25, -0.2) is 0 Å². The van der Waals surface area contributed by atoms with E-state index in [1.165, 1.54) is 10.9 Å². The Morgan fingerprint density at radius 2 is 2.13 bits per heavy atom. The zero-order chi connectivity index (χ0) is 10.8. The highest BCUT2D eigenvalue weighted by molar-refractivity contribution is 7.84. The third kappa shape index (κ3) is 1.91. The van der Waals surface area contributed by atoms with Gasteiger partial charge >= 0.3 is 0 Å². The minimum Gasteiger partial charge on any atom is -0.251 e. The Hall–Kier alpha value is -1.27. The Kier molecular flexibility index (Phi) is 2.79. The summed E-state index contributed by atoms with van der Waals surface area (Å²) >= 11 is 5.98. The highest BCUT2D eigenvalue weighted by Gasteiger charge is 2.13. The fourth-order valence-electron chi connectivity index (χ4n) is 1.13. The summed E-state index contributed by atoms with van der Waals surface area (Å²) < 4.78 is 12.7. The number of benzene rings is 1. The average molecular weight is 243 g/mol. The molecule has 1 atom stereocenters. The Morgan fingerprint density at radius 1 is 1.40 bits per heavy atom. The lowest BCUT2D eigenvalue weighted by Gasteiger charge is -2.03. The third-order valence-electron chi connectivity index (χ3n) is 1.78. The smallest absolute Gasteiger partial charge is 0.244 e. The molecule has 2 rings (SSSR count). The van der Waals surface area contributed by atoms with Crippen molar-refractivity contribution in [1.29, 1.82) is 0 Å². The number of tetrazole rings is 1. The molecule has 7 heteroatoms. The summed E-state index contributed by atoms with van der Waals surface area (Å²) in [4.78, 5) is 0. The molecule has 78 valence electrons. The van der Waals surface area contributed by atoms with E-state index in [0.717, 1.165) is 0 Å². The van der Waals surface area contributed by atoms with Crippen molar-refractivity contribution < 1.29 is 4.21 Å². The fraction of sp³-hybridized carbons (Fsp3) is 0.125. The quantitative estimate of drug-likeness (QED) is 0.790. The van der Waals surface area contributed by atoms with Gasteiger partial charge < -0.3 is 0 Å². The number of hydrogen-bond donors (Lipinski definition) is 0. The number of hydrogen-bond acceptors (Lipinski definition) is 4. The van der Waals surface area contributed by atoms with E-state index >= 15 is 0 Å². The molecule has 0 N–H and O–H groups in total. The lowest BCUT2D eigenvalue weighted by molar-refractivity contribution is 0.670. The highest BCUT2D eigenvalue weighted by Crippen LogP contribution is 2.19. The summed E-state index contributed by atoms with van der Waals surface area (Å²) in [7, 11) is -1.25. The first-order chi connectivity index (χ1) is 7.20. The molecule has 0 saturated heterocycles. The molecule has 0 aliphatic heterocycles. The first-order valence-corrected chi connectivity index (χ1v) is 6.00.